The van der Waals surface area contributed by atoms with E-state index < -0.39 is 0 Å². The lowest BCUT2D eigenvalue weighted by atomic mass is 9.88. The van der Waals surface area contributed by atoms with Gasteiger partial charge in [-0.2, -0.15) is 0 Å². The van der Waals surface area contributed by atoms with Gasteiger partial charge in [0.25, 0.3) is 12.6 Å². The lowest BCUT2D eigenvalue weighted by molar-refractivity contribution is 0.370. The molecule has 1 aliphatic rings. The average molecular weight is 124 g/mol. The van der Waals surface area contributed by atoms with Gasteiger partial charge < -0.3 is 0 Å². The van der Waals surface area contributed by atoms with Crippen molar-refractivity contribution in [2.75, 3.05) is 0 Å². The maximum atomic E-state index is 5.19. The first kappa shape index (κ1) is 6.61. The van der Waals surface area contributed by atoms with Crippen molar-refractivity contribution in [1.82, 2.24) is 0 Å². The number of rotatable bonds is 0. The van der Waals surface area contributed by atoms with E-state index >= 15 is 0 Å². The van der Waals surface area contributed by atoms with Gasteiger partial charge in [0.15, 0.2) is 0 Å². The van der Waals surface area contributed by atoms with Gasteiger partial charge in [-0.15, -0.1) is 0 Å². The molecular weight excluding hydrogens is 110 g/mol. The van der Waals surface area contributed by atoms with E-state index in [1.807, 2.05) is 0 Å². The standard InChI is InChI=1S/C8H14N/c1-7-4-3-5-8(6-7)9-2/h2,7-8H,3-6H2,1H3/q+1/t7-,8+/m1/s1. The molecule has 0 saturated heterocycles. The van der Waals surface area contributed by atoms with Crippen LogP contribution in [0.5, 0.6) is 0 Å². The van der Waals surface area contributed by atoms with Crippen molar-refractivity contribution in [2.24, 2.45) is 5.92 Å². The first-order valence-electron chi connectivity index (χ1n) is 3.73. The minimum atomic E-state index is 0.466. The van der Waals surface area contributed by atoms with Gasteiger partial charge in [-0.3, -0.25) is 0 Å². The molecule has 1 nitrogen and oxygen atoms in total. The zero-order valence-corrected chi connectivity index (χ0v) is 6.01. The van der Waals surface area contributed by atoms with Gasteiger partial charge in [0.2, 0.25) is 0 Å². The molecule has 0 aromatic rings. The second-order valence-electron chi connectivity index (χ2n) is 3.07. The van der Waals surface area contributed by atoms with Gasteiger partial charge in [-0.1, -0.05) is 18.2 Å². The van der Waals surface area contributed by atoms with Crippen molar-refractivity contribution in [2.45, 2.75) is 38.6 Å². The van der Waals surface area contributed by atoms with Crippen LogP contribution in [0.4, 0.5) is 0 Å². The number of nitrogens with zero attached hydrogens (tertiary/aromatic N) is 1. The Balaban J connectivity index is 2.34. The van der Waals surface area contributed by atoms with Gasteiger partial charge >= 0.3 is 0 Å². The first-order chi connectivity index (χ1) is 4.33. The molecule has 1 heteroatoms. The van der Waals surface area contributed by atoms with Crippen LogP contribution in [-0.4, -0.2) is 6.04 Å². The minimum Gasteiger partial charge on any atom is -0.0836 e. The van der Waals surface area contributed by atoms with Crippen molar-refractivity contribution in [3.8, 4) is 6.57 Å². The summed E-state index contributed by atoms with van der Waals surface area (Å²) in [5.41, 5.74) is 0. The molecule has 0 N–H and O–H groups in total. The van der Waals surface area contributed by atoms with Crippen molar-refractivity contribution in [1.29, 1.82) is 0 Å². The minimum absolute atomic E-state index is 0.466. The summed E-state index contributed by atoms with van der Waals surface area (Å²) in [5.74, 6) is 0.844. The van der Waals surface area contributed by atoms with Crippen LogP contribution in [0, 0.1) is 12.5 Å². The molecule has 0 unspecified atom stereocenters. The highest BCUT2D eigenvalue weighted by atomic mass is 14.7. The molecule has 0 spiro atoms. The van der Waals surface area contributed by atoms with Crippen LogP contribution in [-0.2, 0) is 0 Å². The summed E-state index contributed by atoms with van der Waals surface area (Å²) in [6.45, 7) is 7.47. The third-order valence-corrected chi connectivity index (χ3v) is 2.12. The van der Waals surface area contributed by atoms with E-state index in [0.717, 1.165) is 5.92 Å². The Morgan fingerprint density at radius 1 is 1.44 bits per heavy atom. The Morgan fingerprint density at radius 2 is 2.22 bits per heavy atom. The van der Waals surface area contributed by atoms with Crippen molar-refractivity contribution in [3.63, 3.8) is 0 Å². The normalized spacial score (nSPS) is 35.6. The van der Waals surface area contributed by atoms with Gasteiger partial charge in [0, 0.05) is 12.8 Å². The zero-order chi connectivity index (χ0) is 6.69. The molecule has 1 saturated carbocycles. The average Bonchev–Trinajstić information content (AvgIpc) is 1.88. The molecule has 1 aliphatic carbocycles. The molecule has 2 atom stereocenters. The van der Waals surface area contributed by atoms with Crippen molar-refractivity contribution in [3.05, 3.63) is 4.85 Å². The van der Waals surface area contributed by atoms with E-state index in [-0.39, 0.29) is 0 Å². The van der Waals surface area contributed by atoms with Crippen LogP contribution in [0.25, 0.3) is 4.85 Å². The molecule has 1 rings (SSSR count). The summed E-state index contributed by atoms with van der Waals surface area (Å²) in [6, 6.07) is 0.466. The summed E-state index contributed by atoms with van der Waals surface area (Å²) < 4.78 is 0. The van der Waals surface area contributed by atoms with Gasteiger partial charge in [0.1, 0.15) is 0 Å². The molecule has 0 aromatic carbocycles. The Hall–Kier alpha value is -0.510. The largest absolute Gasteiger partial charge is 0.272 e. The molecule has 0 amide bonds. The maximum Gasteiger partial charge on any atom is 0.272 e. The zero-order valence-electron chi connectivity index (χ0n) is 6.01. The molecular formula is C8H14N+. The smallest absolute Gasteiger partial charge is 0.0836 e. The van der Waals surface area contributed by atoms with Crippen LogP contribution in [0.3, 0.4) is 0 Å². The second-order valence-corrected chi connectivity index (χ2v) is 3.07. The molecule has 0 radical (unpaired) electrons. The third kappa shape index (κ3) is 1.71. The number of hydrogen-bond donors (Lipinski definition) is 0. The van der Waals surface area contributed by atoms with Crippen LogP contribution < -0.4 is 0 Å². The van der Waals surface area contributed by atoms with Crippen LogP contribution >= 0.6 is 0 Å². The Bertz CT molecular complexity index is 123. The Morgan fingerprint density at radius 3 is 2.67 bits per heavy atom. The van der Waals surface area contributed by atoms with E-state index in [2.05, 4.69) is 11.8 Å². The highest BCUT2D eigenvalue weighted by Crippen LogP contribution is 2.25. The quantitative estimate of drug-likeness (QED) is 0.467. The fourth-order valence-electron chi connectivity index (χ4n) is 1.54. The van der Waals surface area contributed by atoms with Crippen LogP contribution in [0.15, 0.2) is 0 Å². The van der Waals surface area contributed by atoms with Crippen molar-refractivity contribution < 1.29 is 0 Å². The molecule has 0 aromatic heterocycles. The molecule has 50 valence electrons. The lowest BCUT2D eigenvalue weighted by Crippen LogP contribution is -2.14. The summed E-state index contributed by atoms with van der Waals surface area (Å²) in [6.07, 6.45) is 5.09. The summed E-state index contributed by atoms with van der Waals surface area (Å²) in [4.78, 5) is 3.80. The Labute approximate surface area is 56.9 Å². The molecule has 0 heterocycles. The van der Waals surface area contributed by atoms with E-state index in [0.29, 0.717) is 6.04 Å². The van der Waals surface area contributed by atoms with Gasteiger partial charge in [-0.25, -0.2) is 0 Å². The predicted octanol–water partition coefficient (Wildman–Crippen LogP) is 2.53. The Kier molecular flexibility index (Phi) is 2.10. The van der Waals surface area contributed by atoms with Crippen molar-refractivity contribution >= 4 is 0 Å². The molecule has 9 heavy (non-hydrogen) atoms. The predicted molar refractivity (Wildman–Crippen MR) is 39.7 cm³/mol. The first-order valence-corrected chi connectivity index (χ1v) is 3.73. The maximum absolute atomic E-state index is 5.19. The van der Waals surface area contributed by atoms with Gasteiger partial charge in [-0.05, 0) is 12.3 Å². The van der Waals surface area contributed by atoms with E-state index in [9.17, 15) is 0 Å². The fraction of sp³-hybridized carbons (Fsp3) is 0.875. The molecule has 0 aliphatic heterocycles. The SMILES string of the molecule is C#[N+][C@H]1CCC[C@@H](C)C1. The van der Waals surface area contributed by atoms with Crippen LogP contribution in [0.1, 0.15) is 32.6 Å². The van der Waals surface area contributed by atoms with Crippen LogP contribution in [0.2, 0.25) is 0 Å². The molecule has 0 bridgehead atoms. The topological polar surface area (TPSA) is 4.36 Å². The highest BCUT2D eigenvalue weighted by molar-refractivity contribution is 4.86. The van der Waals surface area contributed by atoms with E-state index in [4.69, 9.17) is 6.57 Å². The highest BCUT2D eigenvalue weighted by Gasteiger charge is 2.24. The second kappa shape index (κ2) is 2.87. The fourth-order valence-corrected chi connectivity index (χ4v) is 1.54. The lowest BCUT2D eigenvalue weighted by Gasteiger charge is -2.15. The van der Waals surface area contributed by atoms with E-state index in [1.165, 1.54) is 25.7 Å². The number of hydrogen-bond acceptors (Lipinski definition) is 0. The summed E-state index contributed by atoms with van der Waals surface area (Å²) in [7, 11) is 0. The molecule has 1 fully saturated rings. The third-order valence-electron chi connectivity index (χ3n) is 2.12. The summed E-state index contributed by atoms with van der Waals surface area (Å²) >= 11 is 0. The van der Waals surface area contributed by atoms with Gasteiger partial charge in [0.05, 0.1) is 0 Å². The monoisotopic (exact) mass is 124 g/mol. The summed E-state index contributed by atoms with van der Waals surface area (Å²) in [5, 5.41) is 0. The van der Waals surface area contributed by atoms with E-state index in [1.54, 1.807) is 0 Å².